The summed E-state index contributed by atoms with van der Waals surface area (Å²) in [6.45, 7) is 4.08. The van der Waals surface area contributed by atoms with Crippen molar-refractivity contribution >= 4 is 17.7 Å². The molecule has 5 nitrogen and oxygen atoms in total. The van der Waals surface area contributed by atoms with Crippen molar-refractivity contribution in [1.29, 1.82) is 10.5 Å². The number of hydrogen-bond acceptors (Lipinski definition) is 4. The molecule has 0 aliphatic heterocycles. The van der Waals surface area contributed by atoms with Crippen LogP contribution in [0.5, 0.6) is 5.75 Å². The third-order valence-electron chi connectivity index (χ3n) is 4.74. The van der Waals surface area contributed by atoms with Gasteiger partial charge in [0.15, 0.2) is 0 Å². The van der Waals surface area contributed by atoms with Crippen LogP contribution in [0.3, 0.4) is 0 Å². The molecule has 3 rings (SSSR count). The van der Waals surface area contributed by atoms with Crippen molar-refractivity contribution in [2.24, 2.45) is 0 Å². The van der Waals surface area contributed by atoms with Gasteiger partial charge in [-0.15, -0.1) is 0 Å². The maximum atomic E-state index is 12.7. The molecule has 0 heterocycles. The van der Waals surface area contributed by atoms with Gasteiger partial charge in [-0.05, 0) is 43.7 Å². The monoisotopic (exact) mass is 407 g/mol. The lowest BCUT2D eigenvalue weighted by atomic mass is 10.1. The molecule has 0 radical (unpaired) electrons. The molecule has 0 saturated carbocycles. The van der Waals surface area contributed by atoms with Gasteiger partial charge in [0.05, 0.1) is 11.6 Å². The number of aryl methyl sites for hydroxylation is 2. The van der Waals surface area contributed by atoms with Gasteiger partial charge >= 0.3 is 0 Å². The van der Waals surface area contributed by atoms with E-state index in [1.165, 1.54) is 6.08 Å². The van der Waals surface area contributed by atoms with E-state index in [1.54, 1.807) is 30.3 Å². The normalized spacial score (nSPS) is 10.6. The molecule has 0 aromatic heterocycles. The number of rotatable bonds is 6. The Balaban J connectivity index is 1.82. The highest BCUT2D eigenvalue weighted by molar-refractivity contribution is 6.10. The Kier molecular flexibility index (Phi) is 6.83. The minimum Gasteiger partial charge on any atom is -0.488 e. The molecule has 0 aliphatic carbocycles. The first-order chi connectivity index (χ1) is 15.0. The number of amides is 1. The first kappa shape index (κ1) is 21.4. The highest BCUT2D eigenvalue weighted by Crippen LogP contribution is 2.24. The smallest absolute Gasteiger partial charge is 0.266 e. The van der Waals surface area contributed by atoms with E-state index in [1.807, 2.05) is 56.3 Å². The number of ether oxygens (including phenoxy) is 1. The van der Waals surface area contributed by atoms with Crippen molar-refractivity contribution in [2.45, 2.75) is 20.5 Å². The average Bonchev–Trinajstić information content (AvgIpc) is 2.78. The maximum Gasteiger partial charge on any atom is 0.266 e. The van der Waals surface area contributed by atoms with Gasteiger partial charge in [0.25, 0.3) is 5.91 Å². The molecule has 0 aliphatic rings. The van der Waals surface area contributed by atoms with Gasteiger partial charge in [0.1, 0.15) is 24.0 Å². The number of carbonyl (C=O) groups is 1. The topological polar surface area (TPSA) is 85.9 Å². The second-order valence-electron chi connectivity index (χ2n) is 7.04. The number of para-hydroxylation sites is 1. The van der Waals surface area contributed by atoms with E-state index < -0.39 is 5.91 Å². The summed E-state index contributed by atoms with van der Waals surface area (Å²) in [5.74, 6) is 0.0291. The van der Waals surface area contributed by atoms with Crippen molar-refractivity contribution in [3.63, 3.8) is 0 Å². The molecule has 5 heteroatoms. The molecular formula is C26H21N3O2. The molecule has 152 valence electrons. The fourth-order valence-corrected chi connectivity index (χ4v) is 3.09. The molecule has 31 heavy (non-hydrogen) atoms. The second kappa shape index (κ2) is 9.91. The van der Waals surface area contributed by atoms with Crippen LogP contribution < -0.4 is 10.1 Å². The van der Waals surface area contributed by atoms with Crippen LogP contribution in [0.1, 0.15) is 27.8 Å². The number of carbonyl (C=O) groups excluding carboxylic acids is 1. The summed E-state index contributed by atoms with van der Waals surface area (Å²) in [4.78, 5) is 12.7. The Hall–Kier alpha value is -4.35. The number of nitriles is 2. The van der Waals surface area contributed by atoms with E-state index in [0.717, 1.165) is 16.7 Å². The quantitative estimate of drug-likeness (QED) is 0.444. The number of nitrogens with one attached hydrogen (secondary N) is 1. The number of hydrogen-bond donors (Lipinski definition) is 1. The minimum atomic E-state index is -0.487. The molecule has 0 fully saturated rings. The summed E-state index contributed by atoms with van der Waals surface area (Å²) < 4.78 is 5.90. The summed E-state index contributed by atoms with van der Waals surface area (Å²) in [5.41, 5.74) is 4.55. The van der Waals surface area contributed by atoms with Crippen molar-refractivity contribution in [3.05, 3.63) is 100 Å². The highest BCUT2D eigenvalue weighted by Gasteiger charge is 2.13. The largest absolute Gasteiger partial charge is 0.488 e. The number of benzene rings is 3. The summed E-state index contributed by atoms with van der Waals surface area (Å²) in [7, 11) is 0. The van der Waals surface area contributed by atoms with Gasteiger partial charge in [-0.2, -0.15) is 10.5 Å². The fraction of sp³-hybridized carbons (Fsp3) is 0.115. The Morgan fingerprint density at radius 3 is 2.52 bits per heavy atom. The predicted molar refractivity (Wildman–Crippen MR) is 120 cm³/mol. The third kappa shape index (κ3) is 5.38. The van der Waals surface area contributed by atoms with Gasteiger partial charge in [-0.25, -0.2) is 0 Å². The molecule has 0 atom stereocenters. The first-order valence-electron chi connectivity index (χ1n) is 9.72. The Morgan fingerprint density at radius 2 is 1.77 bits per heavy atom. The molecule has 3 aromatic rings. The van der Waals surface area contributed by atoms with E-state index in [2.05, 4.69) is 11.4 Å². The summed E-state index contributed by atoms with van der Waals surface area (Å²) in [6, 6.07) is 24.2. The molecule has 0 bridgehead atoms. The molecule has 0 unspecified atom stereocenters. The van der Waals surface area contributed by atoms with E-state index in [-0.39, 0.29) is 12.2 Å². The first-order valence-corrected chi connectivity index (χ1v) is 9.72. The zero-order valence-corrected chi connectivity index (χ0v) is 17.3. The lowest BCUT2D eigenvalue weighted by molar-refractivity contribution is -0.112. The summed E-state index contributed by atoms with van der Waals surface area (Å²) >= 11 is 0. The van der Waals surface area contributed by atoms with Crippen LogP contribution in [-0.4, -0.2) is 5.91 Å². The van der Waals surface area contributed by atoms with E-state index in [9.17, 15) is 15.3 Å². The van der Waals surface area contributed by atoms with Crippen molar-refractivity contribution in [1.82, 2.24) is 0 Å². The molecule has 0 saturated heterocycles. The zero-order valence-electron chi connectivity index (χ0n) is 17.3. The van der Waals surface area contributed by atoms with Crippen molar-refractivity contribution in [3.8, 4) is 17.9 Å². The second-order valence-corrected chi connectivity index (χ2v) is 7.04. The van der Waals surface area contributed by atoms with Gasteiger partial charge in [0, 0.05) is 16.8 Å². The van der Waals surface area contributed by atoms with Crippen LogP contribution in [0.2, 0.25) is 0 Å². The van der Waals surface area contributed by atoms with Crippen LogP contribution in [0.25, 0.3) is 6.08 Å². The summed E-state index contributed by atoms with van der Waals surface area (Å²) in [5, 5.41) is 21.6. The third-order valence-corrected chi connectivity index (χ3v) is 4.74. The maximum absolute atomic E-state index is 12.7. The predicted octanol–water partition coefficient (Wildman–Crippen LogP) is 5.30. The molecular weight excluding hydrogens is 386 g/mol. The van der Waals surface area contributed by atoms with E-state index in [0.29, 0.717) is 22.6 Å². The van der Waals surface area contributed by atoms with Gasteiger partial charge in [-0.3, -0.25) is 4.79 Å². The lowest BCUT2D eigenvalue weighted by Crippen LogP contribution is -2.14. The van der Waals surface area contributed by atoms with Crippen LogP contribution in [0, 0.1) is 36.5 Å². The average molecular weight is 407 g/mol. The fourth-order valence-electron chi connectivity index (χ4n) is 3.09. The molecule has 1 amide bonds. The molecule has 1 N–H and O–H groups in total. The Bertz CT molecular complexity index is 1230. The Morgan fingerprint density at radius 1 is 1.03 bits per heavy atom. The lowest BCUT2D eigenvalue weighted by Gasteiger charge is -2.11. The van der Waals surface area contributed by atoms with Crippen LogP contribution in [0.15, 0.2) is 72.3 Å². The van der Waals surface area contributed by atoms with Crippen LogP contribution >= 0.6 is 0 Å². The van der Waals surface area contributed by atoms with Crippen LogP contribution in [0.4, 0.5) is 5.69 Å². The molecule has 0 spiro atoms. The number of nitrogens with zero attached hydrogens (tertiary/aromatic N) is 2. The Labute approximate surface area is 181 Å². The molecule has 3 aromatic carbocycles. The van der Waals surface area contributed by atoms with Crippen molar-refractivity contribution in [2.75, 3.05) is 5.32 Å². The van der Waals surface area contributed by atoms with Gasteiger partial charge in [0.2, 0.25) is 0 Å². The van der Waals surface area contributed by atoms with E-state index >= 15 is 0 Å². The number of anilines is 1. The van der Waals surface area contributed by atoms with Crippen molar-refractivity contribution < 1.29 is 9.53 Å². The van der Waals surface area contributed by atoms with Gasteiger partial charge in [-0.1, -0.05) is 54.1 Å². The SMILES string of the molecule is Cc1ccc(NC(=O)/C(C#N)=C/c2ccccc2OCc2ccccc2C#N)c(C)c1. The van der Waals surface area contributed by atoms with E-state index in [4.69, 9.17) is 4.74 Å². The standard InChI is InChI=1S/C26H21N3O2/c1-18-11-12-24(19(2)13-18)29-26(30)23(16-28)14-20-7-5-6-10-25(20)31-17-22-9-4-3-8-21(22)15-27/h3-14H,17H2,1-2H3,(H,29,30)/b23-14+. The zero-order chi connectivity index (χ0) is 22.2. The van der Waals surface area contributed by atoms with Crippen LogP contribution in [-0.2, 0) is 11.4 Å². The van der Waals surface area contributed by atoms with Gasteiger partial charge < -0.3 is 10.1 Å². The minimum absolute atomic E-state index is 0.0338. The summed E-state index contributed by atoms with van der Waals surface area (Å²) in [6.07, 6.45) is 1.50. The highest BCUT2D eigenvalue weighted by atomic mass is 16.5.